The van der Waals surface area contributed by atoms with E-state index in [2.05, 4.69) is 12.2 Å². The van der Waals surface area contributed by atoms with E-state index >= 15 is 0 Å². The lowest BCUT2D eigenvalue weighted by Gasteiger charge is -2.06. The van der Waals surface area contributed by atoms with Gasteiger partial charge in [0.15, 0.2) is 0 Å². The zero-order valence-electron chi connectivity index (χ0n) is 8.99. The van der Waals surface area contributed by atoms with Gasteiger partial charge in [0.05, 0.1) is 5.69 Å². The summed E-state index contributed by atoms with van der Waals surface area (Å²) in [4.78, 5) is 11.4. The van der Waals surface area contributed by atoms with Gasteiger partial charge in [-0.15, -0.1) is 0 Å². The Kier molecular flexibility index (Phi) is 4.68. The molecular weight excluding hydrogens is 190 g/mol. The van der Waals surface area contributed by atoms with Gasteiger partial charge in [0.1, 0.15) is 5.75 Å². The van der Waals surface area contributed by atoms with Gasteiger partial charge in [-0.2, -0.15) is 0 Å². The zero-order valence-corrected chi connectivity index (χ0v) is 8.99. The highest BCUT2D eigenvalue weighted by Gasteiger charge is 2.04. The highest BCUT2D eigenvalue weighted by atomic mass is 16.3. The molecule has 1 rings (SSSR count). The number of para-hydroxylation sites is 2. The maximum absolute atomic E-state index is 11.4. The van der Waals surface area contributed by atoms with Crippen LogP contribution in [0.4, 0.5) is 5.69 Å². The normalized spacial score (nSPS) is 9.93. The maximum atomic E-state index is 11.4. The molecule has 0 spiro atoms. The van der Waals surface area contributed by atoms with Crippen LogP contribution in [0.2, 0.25) is 0 Å². The maximum Gasteiger partial charge on any atom is 0.224 e. The second-order valence-electron chi connectivity index (χ2n) is 3.52. The van der Waals surface area contributed by atoms with Gasteiger partial charge >= 0.3 is 0 Å². The molecular formula is C12H17NO2. The van der Waals surface area contributed by atoms with Gasteiger partial charge in [-0.25, -0.2) is 0 Å². The van der Waals surface area contributed by atoms with E-state index in [9.17, 15) is 9.90 Å². The monoisotopic (exact) mass is 207 g/mol. The minimum absolute atomic E-state index is 0.0371. The third-order valence-corrected chi connectivity index (χ3v) is 2.19. The number of carbonyl (C=O) groups is 1. The first-order valence-electron chi connectivity index (χ1n) is 5.32. The van der Waals surface area contributed by atoms with E-state index in [1.165, 1.54) is 0 Å². The average molecular weight is 207 g/mol. The molecule has 1 aromatic carbocycles. The summed E-state index contributed by atoms with van der Waals surface area (Å²) in [5.41, 5.74) is 0.485. The topological polar surface area (TPSA) is 49.3 Å². The minimum Gasteiger partial charge on any atom is -0.506 e. The van der Waals surface area contributed by atoms with E-state index in [-0.39, 0.29) is 11.7 Å². The molecule has 0 aliphatic rings. The Morgan fingerprint density at radius 3 is 2.73 bits per heavy atom. The van der Waals surface area contributed by atoms with Crippen molar-refractivity contribution in [2.75, 3.05) is 5.32 Å². The summed E-state index contributed by atoms with van der Waals surface area (Å²) in [6.45, 7) is 2.10. The first-order valence-corrected chi connectivity index (χ1v) is 5.32. The molecule has 0 aliphatic heterocycles. The van der Waals surface area contributed by atoms with Crippen molar-refractivity contribution in [1.82, 2.24) is 0 Å². The fraction of sp³-hybridized carbons (Fsp3) is 0.417. The summed E-state index contributed by atoms with van der Waals surface area (Å²) in [6.07, 6.45) is 3.58. The molecule has 0 saturated heterocycles. The van der Waals surface area contributed by atoms with Gasteiger partial charge in [0, 0.05) is 6.42 Å². The van der Waals surface area contributed by atoms with Crippen molar-refractivity contribution in [3.63, 3.8) is 0 Å². The molecule has 0 aromatic heterocycles. The van der Waals surface area contributed by atoms with Crippen molar-refractivity contribution in [2.24, 2.45) is 0 Å². The Bertz CT molecular complexity index is 323. The lowest BCUT2D eigenvalue weighted by molar-refractivity contribution is -0.116. The number of aromatic hydroxyl groups is 1. The molecule has 3 heteroatoms. The Morgan fingerprint density at radius 2 is 2.07 bits per heavy atom. The minimum atomic E-state index is -0.0371. The fourth-order valence-corrected chi connectivity index (χ4v) is 1.33. The second kappa shape index (κ2) is 6.06. The van der Waals surface area contributed by atoms with Crippen molar-refractivity contribution in [2.45, 2.75) is 32.6 Å². The summed E-state index contributed by atoms with van der Waals surface area (Å²) >= 11 is 0. The van der Waals surface area contributed by atoms with Crippen molar-refractivity contribution in [1.29, 1.82) is 0 Å². The van der Waals surface area contributed by atoms with Crippen LogP contribution in [-0.2, 0) is 4.79 Å². The lowest BCUT2D eigenvalue weighted by atomic mass is 10.2. The van der Waals surface area contributed by atoms with E-state index < -0.39 is 0 Å². The van der Waals surface area contributed by atoms with Gasteiger partial charge in [-0.05, 0) is 18.6 Å². The molecule has 3 nitrogen and oxygen atoms in total. The predicted molar refractivity (Wildman–Crippen MR) is 60.9 cm³/mol. The third-order valence-electron chi connectivity index (χ3n) is 2.19. The average Bonchev–Trinajstić information content (AvgIpc) is 2.22. The van der Waals surface area contributed by atoms with Gasteiger partial charge in [0.2, 0.25) is 5.91 Å². The number of hydrogen-bond donors (Lipinski definition) is 2. The lowest BCUT2D eigenvalue weighted by Crippen LogP contribution is -2.10. The predicted octanol–water partition coefficient (Wildman–Crippen LogP) is 2.91. The smallest absolute Gasteiger partial charge is 0.224 e. The highest BCUT2D eigenvalue weighted by Crippen LogP contribution is 2.21. The van der Waals surface area contributed by atoms with Crippen molar-refractivity contribution < 1.29 is 9.90 Å². The van der Waals surface area contributed by atoms with Crippen molar-refractivity contribution in [3.8, 4) is 5.75 Å². The molecule has 0 aliphatic carbocycles. The summed E-state index contributed by atoms with van der Waals surface area (Å²) in [5.74, 6) is 0.0753. The SMILES string of the molecule is CCCCCC(=O)Nc1ccccc1O. The first-order chi connectivity index (χ1) is 7.24. The third kappa shape index (κ3) is 4.02. The van der Waals surface area contributed by atoms with Gasteiger partial charge in [0.25, 0.3) is 0 Å². The molecule has 82 valence electrons. The molecule has 2 N–H and O–H groups in total. The summed E-state index contributed by atoms with van der Waals surface area (Å²) < 4.78 is 0. The Hall–Kier alpha value is -1.51. The standard InChI is InChI=1S/C12H17NO2/c1-2-3-4-9-12(15)13-10-7-5-6-8-11(10)14/h5-8,14H,2-4,9H2,1H3,(H,13,15). The molecule has 0 heterocycles. The molecule has 0 atom stereocenters. The summed E-state index contributed by atoms with van der Waals surface area (Å²) in [5, 5.41) is 12.1. The van der Waals surface area contributed by atoms with Crippen LogP contribution >= 0.6 is 0 Å². The molecule has 0 unspecified atom stereocenters. The van der Waals surface area contributed by atoms with E-state index in [0.717, 1.165) is 19.3 Å². The molecule has 0 saturated carbocycles. The number of benzene rings is 1. The van der Waals surface area contributed by atoms with Crippen LogP contribution in [0.15, 0.2) is 24.3 Å². The Morgan fingerprint density at radius 1 is 1.33 bits per heavy atom. The number of unbranched alkanes of at least 4 members (excludes halogenated alkanes) is 2. The fourth-order valence-electron chi connectivity index (χ4n) is 1.33. The summed E-state index contributed by atoms with van der Waals surface area (Å²) in [6, 6.07) is 6.75. The number of phenolic OH excluding ortho intramolecular Hbond substituents is 1. The van der Waals surface area contributed by atoms with E-state index in [0.29, 0.717) is 12.1 Å². The van der Waals surface area contributed by atoms with Crippen molar-refractivity contribution >= 4 is 11.6 Å². The largest absolute Gasteiger partial charge is 0.506 e. The number of nitrogens with one attached hydrogen (secondary N) is 1. The Balaban J connectivity index is 2.41. The molecule has 15 heavy (non-hydrogen) atoms. The zero-order chi connectivity index (χ0) is 11.1. The van der Waals surface area contributed by atoms with Crippen molar-refractivity contribution in [3.05, 3.63) is 24.3 Å². The molecule has 0 fully saturated rings. The number of carbonyl (C=O) groups excluding carboxylic acids is 1. The van der Waals surface area contributed by atoms with Gasteiger partial charge in [-0.1, -0.05) is 31.9 Å². The second-order valence-corrected chi connectivity index (χ2v) is 3.52. The van der Waals surface area contributed by atoms with Crippen LogP contribution in [0.25, 0.3) is 0 Å². The van der Waals surface area contributed by atoms with Crippen LogP contribution in [-0.4, -0.2) is 11.0 Å². The van der Waals surface area contributed by atoms with Crippen LogP contribution in [0.5, 0.6) is 5.75 Å². The van der Waals surface area contributed by atoms with Gasteiger partial charge < -0.3 is 10.4 Å². The van der Waals surface area contributed by atoms with E-state index in [1.54, 1.807) is 24.3 Å². The summed E-state index contributed by atoms with van der Waals surface area (Å²) in [7, 11) is 0. The highest BCUT2D eigenvalue weighted by molar-refractivity contribution is 5.92. The van der Waals surface area contributed by atoms with E-state index in [1.807, 2.05) is 0 Å². The van der Waals surface area contributed by atoms with Crippen LogP contribution in [0.1, 0.15) is 32.6 Å². The molecule has 1 amide bonds. The first kappa shape index (κ1) is 11.6. The number of hydrogen-bond acceptors (Lipinski definition) is 2. The van der Waals surface area contributed by atoms with Gasteiger partial charge in [-0.3, -0.25) is 4.79 Å². The number of amides is 1. The molecule has 0 bridgehead atoms. The van der Waals surface area contributed by atoms with E-state index in [4.69, 9.17) is 0 Å². The van der Waals surface area contributed by atoms with Crippen LogP contribution < -0.4 is 5.32 Å². The Labute approximate surface area is 90.1 Å². The molecule has 0 radical (unpaired) electrons. The number of anilines is 1. The molecule has 1 aromatic rings. The quantitative estimate of drug-likeness (QED) is 0.576. The number of phenols is 1. The van der Waals surface area contributed by atoms with Crippen LogP contribution in [0.3, 0.4) is 0 Å². The van der Waals surface area contributed by atoms with Crippen LogP contribution in [0, 0.1) is 0 Å². The number of rotatable bonds is 5.